The summed E-state index contributed by atoms with van der Waals surface area (Å²) in [6, 6.07) is 11.8. The number of hydrogen-bond donors (Lipinski definition) is 1. The van der Waals surface area contributed by atoms with E-state index in [1.54, 1.807) is 24.3 Å². The lowest BCUT2D eigenvalue weighted by Crippen LogP contribution is -2.28. The van der Waals surface area contributed by atoms with E-state index in [0.29, 0.717) is 29.2 Å². The predicted octanol–water partition coefficient (Wildman–Crippen LogP) is 5.17. The number of amides is 2. The third-order valence-corrected chi connectivity index (χ3v) is 5.58. The maximum Gasteiger partial charge on any atom is 0.335 e. The van der Waals surface area contributed by atoms with Crippen molar-refractivity contribution in [3.8, 4) is 5.75 Å². The highest BCUT2D eigenvalue weighted by molar-refractivity contribution is 9.10. The molecule has 1 aliphatic heterocycles. The van der Waals surface area contributed by atoms with Crippen LogP contribution in [0.2, 0.25) is 0 Å². The Morgan fingerprint density at radius 3 is 2.59 bits per heavy atom. The van der Waals surface area contributed by atoms with Crippen LogP contribution in [0.1, 0.15) is 34.8 Å². The molecule has 0 aromatic heterocycles. The zero-order valence-electron chi connectivity index (χ0n) is 15.6. The van der Waals surface area contributed by atoms with Gasteiger partial charge in [-0.25, -0.2) is 4.79 Å². The van der Waals surface area contributed by atoms with Crippen LogP contribution in [0, 0.1) is 0 Å². The third-order valence-electron chi connectivity index (χ3n) is 4.17. The van der Waals surface area contributed by atoms with Crippen molar-refractivity contribution in [3.05, 3.63) is 68.5 Å². The molecule has 6 nitrogen and oxygen atoms in total. The molecule has 0 saturated carbocycles. The normalized spacial score (nSPS) is 15.2. The third kappa shape index (κ3) is 5.07. The van der Waals surface area contributed by atoms with Crippen molar-refractivity contribution in [1.29, 1.82) is 0 Å². The van der Waals surface area contributed by atoms with Gasteiger partial charge in [-0.2, -0.15) is 0 Å². The zero-order chi connectivity index (χ0) is 21.0. The number of halogens is 1. The molecule has 1 fully saturated rings. The highest BCUT2D eigenvalue weighted by atomic mass is 79.9. The van der Waals surface area contributed by atoms with Gasteiger partial charge in [0, 0.05) is 16.6 Å². The summed E-state index contributed by atoms with van der Waals surface area (Å²) < 4.78 is 6.71. The number of aromatic carboxylic acids is 1. The topological polar surface area (TPSA) is 83.9 Å². The van der Waals surface area contributed by atoms with Crippen molar-refractivity contribution in [2.75, 3.05) is 6.54 Å². The first-order chi connectivity index (χ1) is 13.9. The molecule has 0 aliphatic carbocycles. The molecule has 0 unspecified atom stereocenters. The smallest absolute Gasteiger partial charge is 0.335 e. The molecule has 2 aromatic carbocycles. The first kappa shape index (κ1) is 21.1. The lowest BCUT2D eigenvalue weighted by Gasteiger charge is -2.11. The van der Waals surface area contributed by atoms with Crippen LogP contribution < -0.4 is 4.74 Å². The Balaban J connectivity index is 1.80. The Morgan fingerprint density at radius 2 is 1.93 bits per heavy atom. The van der Waals surface area contributed by atoms with Gasteiger partial charge in [-0.1, -0.05) is 35.0 Å². The van der Waals surface area contributed by atoms with Gasteiger partial charge in [0.25, 0.3) is 11.1 Å². The Morgan fingerprint density at radius 1 is 1.21 bits per heavy atom. The van der Waals surface area contributed by atoms with Gasteiger partial charge in [0.1, 0.15) is 12.4 Å². The van der Waals surface area contributed by atoms with Crippen molar-refractivity contribution in [2.45, 2.75) is 20.0 Å². The summed E-state index contributed by atoms with van der Waals surface area (Å²) >= 11 is 4.34. The fraction of sp³-hybridized carbons (Fsp3) is 0.190. The van der Waals surface area contributed by atoms with E-state index in [1.165, 1.54) is 17.0 Å². The van der Waals surface area contributed by atoms with Crippen LogP contribution in [0.5, 0.6) is 5.75 Å². The number of hydrogen-bond acceptors (Lipinski definition) is 5. The van der Waals surface area contributed by atoms with Crippen molar-refractivity contribution < 1.29 is 24.2 Å². The Hall–Kier alpha value is -2.58. The summed E-state index contributed by atoms with van der Waals surface area (Å²) in [4.78, 5) is 37.1. The summed E-state index contributed by atoms with van der Waals surface area (Å²) in [5.74, 6) is -0.723. The lowest BCUT2D eigenvalue weighted by molar-refractivity contribution is -0.122. The number of thioether (sulfide) groups is 1. The standard InChI is InChI=1S/C21H18BrNO5S/c1-2-9-23-19(24)18(29-21(23)27)11-15-10-16(22)7-8-17(15)28-12-13-3-5-14(6-4-13)20(25)26/h3-8,10-11H,2,9,12H2,1H3,(H,25,26)/b18-11+. The minimum Gasteiger partial charge on any atom is -0.488 e. The van der Waals surface area contributed by atoms with Crippen molar-refractivity contribution >= 4 is 50.9 Å². The van der Waals surface area contributed by atoms with Crippen LogP contribution in [-0.2, 0) is 11.4 Å². The minimum absolute atomic E-state index is 0.209. The van der Waals surface area contributed by atoms with E-state index >= 15 is 0 Å². The Labute approximate surface area is 180 Å². The highest BCUT2D eigenvalue weighted by Gasteiger charge is 2.34. The molecule has 1 aliphatic rings. The van der Waals surface area contributed by atoms with Gasteiger partial charge >= 0.3 is 5.97 Å². The van der Waals surface area contributed by atoms with Crippen LogP contribution in [-0.4, -0.2) is 33.7 Å². The second-order valence-electron chi connectivity index (χ2n) is 6.31. The summed E-state index contributed by atoms with van der Waals surface area (Å²) in [7, 11) is 0. The van der Waals surface area contributed by atoms with Gasteiger partial charge < -0.3 is 9.84 Å². The molecule has 0 atom stereocenters. The number of carboxylic acid groups (broad SMARTS) is 1. The van der Waals surface area contributed by atoms with Crippen LogP contribution in [0.15, 0.2) is 51.8 Å². The van der Waals surface area contributed by atoms with E-state index in [-0.39, 0.29) is 23.3 Å². The molecule has 0 bridgehead atoms. The molecule has 2 aromatic rings. The molecule has 1 N–H and O–H groups in total. The fourth-order valence-corrected chi connectivity index (χ4v) is 3.96. The van der Waals surface area contributed by atoms with Crippen LogP contribution in [0.25, 0.3) is 6.08 Å². The van der Waals surface area contributed by atoms with E-state index in [4.69, 9.17) is 9.84 Å². The largest absolute Gasteiger partial charge is 0.488 e. The second kappa shape index (κ2) is 9.28. The van der Waals surface area contributed by atoms with Crippen molar-refractivity contribution in [3.63, 3.8) is 0 Å². The molecule has 29 heavy (non-hydrogen) atoms. The summed E-state index contributed by atoms with van der Waals surface area (Å²) in [6.07, 6.45) is 2.37. The highest BCUT2D eigenvalue weighted by Crippen LogP contribution is 2.35. The number of benzene rings is 2. The van der Waals surface area contributed by atoms with Crippen LogP contribution in [0.3, 0.4) is 0 Å². The van der Waals surface area contributed by atoms with Crippen LogP contribution >= 0.6 is 27.7 Å². The van der Waals surface area contributed by atoms with Gasteiger partial charge in [0.15, 0.2) is 0 Å². The molecule has 0 spiro atoms. The van der Waals surface area contributed by atoms with E-state index in [0.717, 1.165) is 21.8 Å². The molecule has 1 heterocycles. The average Bonchev–Trinajstić information content (AvgIpc) is 2.95. The summed E-state index contributed by atoms with van der Waals surface area (Å²) in [5, 5.41) is 8.71. The number of rotatable bonds is 7. The first-order valence-electron chi connectivity index (χ1n) is 8.89. The molecule has 3 rings (SSSR count). The van der Waals surface area contributed by atoms with Gasteiger partial charge in [0.2, 0.25) is 0 Å². The summed E-state index contributed by atoms with van der Waals surface area (Å²) in [6.45, 7) is 2.55. The van der Waals surface area contributed by atoms with Gasteiger partial charge in [-0.05, 0) is 60.2 Å². The molecular formula is C21H18BrNO5S. The Bertz CT molecular complexity index is 987. The zero-order valence-corrected chi connectivity index (χ0v) is 18.0. The molecule has 8 heteroatoms. The SMILES string of the molecule is CCCN1C(=O)S/C(=C/c2cc(Br)ccc2OCc2ccc(C(=O)O)cc2)C1=O. The number of carboxylic acids is 1. The fourth-order valence-electron chi connectivity index (χ4n) is 2.73. The molecule has 0 radical (unpaired) electrons. The van der Waals surface area contributed by atoms with Gasteiger partial charge in [0.05, 0.1) is 10.5 Å². The van der Waals surface area contributed by atoms with E-state index < -0.39 is 5.97 Å². The quantitative estimate of drug-likeness (QED) is 0.555. The first-order valence-corrected chi connectivity index (χ1v) is 10.5. The summed E-state index contributed by atoms with van der Waals surface area (Å²) in [5.41, 5.74) is 1.69. The minimum atomic E-state index is -0.982. The molecular weight excluding hydrogens is 458 g/mol. The van der Waals surface area contributed by atoms with Crippen molar-refractivity contribution in [1.82, 2.24) is 4.90 Å². The van der Waals surface area contributed by atoms with E-state index in [1.807, 2.05) is 19.1 Å². The van der Waals surface area contributed by atoms with Gasteiger partial charge in [-0.15, -0.1) is 0 Å². The predicted molar refractivity (Wildman–Crippen MR) is 115 cm³/mol. The van der Waals surface area contributed by atoms with Crippen LogP contribution in [0.4, 0.5) is 4.79 Å². The molecule has 150 valence electrons. The lowest BCUT2D eigenvalue weighted by atomic mass is 10.1. The number of imide groups is 1. The van der Waals surface area contributed by atoms with Gasteiger partial charge in [-0.3, -0.25) is 14.5 Å². The maximum absolute atomic E-state index is 12.5. The van der Waals surface area contributed by atoms with Crippen molar-refractivity contribution in [2.24, 2.45) is 0 Å². The van der Waals surface area contributed by atoms with E-state index in [9.17, 15) is 14.4 Å². The molecule has 1 saturated heterocycles. The number of carbonyl (C=O) groups is 3. The maximum atomic E-state index is 12.5. The Kier molecular flexibility index (Phi) is 6.76. The second-order valence-corrected chi connectivity index (χ2v) is 8.22. The average molecular weight is 476 g/mol. The number of nitrogens with zero attached hydrogens (tertiary/aromatic N) is 1. The number of ether oxygens (including phenoxy) is 1. The number of carbonyl (C=O) groups excluding carboxylic acids is 2. The van der Waals surface area contributed by atoms with E-state index in [2.05, 4.69) is 15.9 Å². The molecule has 2 amide bonds. The monoisotopic (exact) mass is 475 g/mol.